The van der Waals surface area contributed by atoms with Gasteiger partial charge in [0.1, 0.15) is 0 Å². The Morgan fingerprint density at radius 2 is 1.64 bits per heavy atom. The molecule has 0 unspecified atom stereocenters. The van der Waals surface area contributed by atoms with Crippen LogP contribution >= 0.6 is 0 Å². The zero-order valence-electron chi connectivity index (χ0n) is 17.0. The van der Waals surface area contributed by atoms with Crippen LogP contribution in [0.5, 0.6) is 0 Å². The van der Waals surface area contributed by atoms with E-state index in [0.717, 1.165) is 48.7 Å². The molecule has 1 saturated heterocycles. The molecule has 2 N–H and O–H groups in total. The number of ether oxygens (including phenoxy) is 1. The summed E-state index contributed by atoms with van der Waals surface area (Å²) in [6.45, 7) is 8.07. The number of aromatic nitrogens is 1. The number of hydrogen-bond donors (Lipinski definition) is 1. The first-order valence-corrected chi connectivity index (χ1v) is 9.84. The van der Waals surface area contributed by atoms with Crippen molar-refractivity contribution >= 4 is 11.9 Å². The molecular formula is C22H29N3O3. The van der Waals surface area contributed by atoms with E-state index in [1.807, 2.05) is 26.0 Å². The monoisotopic (exact) mass is 383 g/mol. The molecule has 1 aromatic heterocycles. The average Bonchev–Trinajstić information content (AvgIpc) is 2.96. The summed E-state index contributed by atoms with van der Waals surface area (Å²) in [5.74, 6) is -0.807. The maximum absolute atomic E-state index is 12.2. The van der Waals surface area contributed by atoms with Crippen molar-refractivity contribution in [2.45, 2.75) is 39.7 Å². The van der Waals surface area contributed by atoms with E-state index < -0.39 is 5.91 Å². The lowest BCUT2D eigenvalue weighted by atomic mass is 9.99. The van der Waals surface area contributed by atoms with Gasteiger partial charge in [-0.25, -0.2) is 4.79 Å². The second-order valence-electron chi connectivity index (χ2n) is 7.41. The lowest BCUT2D eigenvalue weighted by molar-refractivity contribution is 0.0600. The first-order chi connectivity index (χ1) is 13.4. The molecule has 1 aliphatic rings. The molecule has 0 atom stereocenters. The molecule has 0 spiro atoms. The molecule has 2 aromatic rings. The van der Waals surface area contributed by atoms with Crippen molar-refractivity contribution in [3.63, 3.8) is 0 Å². The number of nitrogens with two attached hydrogens (primary N) is 1. The molecule has 3 rings (SSSR count). The second-order valence-corrected chi connectivity index (χ2v) is 7.41. The molecule has 1 aromatic carbocycles. The summed E-state index contributed by atoms with van der Waals surface area (Å²) in [6.07, 6.45) is 3.83. The number of esters is 1. The summed E-state index contributed by atoms with van der Waals surface area (Å²) in [5.41, 5.74) is 10.4. The molecular weight excluding hydrogens is 354 g/mol. The van der Waals surface area contributed by atoms with Gasteiger partial charge in [0.15, 0.2) is 0 Å². The van der Waals surface area contributed by atoms with Gasteiger partial charge in [0.2, 0.25) is 0 Å². The third-order valence-corrected chi connectivity index (χ3v) is 5.71. The molecule has 1 amide bonds. The summed E-state index contributed by atoms with van der Waals surface area (Å²) in [7, 11) is 1.36. The average molecular weight is 383 g/mol. The number of methoxy groups -OCH3 is 1. The molecule has 1 aliphatic heterocycles. The van der Waals surface area contributed by atoms with Crippen molar-refractivity contribution in [2.75, 3.05) is 26.7 Å². The molecule has 1 fully saturated rings. The highest BCUT2D eigenvalue weighted by Gasteiger charge is 2.23. The van der Waals surface area contributed by atoms with Crippen LogP contribution in [0.2, 0.25) is 0 Å². The van der Waals surface area contributed by atoms with Gasteiger partial charge in [-0.3, -0.25) is 4.79 Å². The van der Waals surface area contributed by atoms with Gasteiger partial charge in [0.05, 0.1) is 18.2 Å². The Bertz CT molecular complexity index is 862. The molecule has 28 heavy (non-hydrogen) atoms. The minimum Gasteiger partial charge on any atom is -0.465 e. The molecule has 6 heteroatoms. The minimum atomic E-state index is -0.427. The molecule has 0 radical (unpaired) electrons. The van der Waals surface area contributed by atoms with E-state index in [4.69, 9.17) is 10.5 Å². The van der Waals surface area contributed by atoms with Crippen molar-refractivity contribution in [2.24, 2.45) is 5.73 Å². The summed E-state index contributed by atoms with van der Waals surface area (Å²) in [4.78, 5) is 26.4. The fraction of sp³-hybridized carbons (Fsp3) is 0.455. The van der Waals surface area contributed by atoms with E-state index in [1.165, 1.54) is 26.4 Å². The second kappa shape index (κ2) is 8.61. The van der Waals surface area contributed by atoms with Gasteiger partial charge in [-0.1, -0.05) is 18.6 Å². The first kappa shape index (κ1) is 20.1. The molecule has 0 aliphatic carbocycles. The van der Waals surface area contributed by atoms with Crippen LogP contribution < -0.4 is 5.73 Å². The van der Waals surface area contributed by atoms with Gasteiger partial charge in [0, 0.05) is 30.0 Å². The molecule has 2 heterocycles. The van der Waals surface area contributed by atoms with Crippen LogP contribution in [0.3, 0.4) is 0 Å². The highest BCUT2D eigenvalue weighted by Crippen LogP contribution is 2.32. The minimum absolute atomic E-state index is 0.381. The van der Waals surface area contributed by atoms with Crippen molar-refractivity contribution < 1.29 is 14.3 Å². The third-order valence-electron chi connectivity index (χ3n) is 5.71. The quantitative estimate of drug-likeness (QED) is 0.778. The number of carbonyl (C=O) groups is 2. The predicted molar refractivity (Wildman–Crippen MR) is 109 cm³/mol. The van der Waals surface area contributed by atoms with Crippen molar-refractivity contribution in [1.82, 2.24) is 9.47 Å². The van der Waals surface area contributed by atoms with Gasteiger partial charge in [0.25, 0.3) is 5.91 Å². The molecule has 6 nitrogen and oxygen atoms in total. The molecule has 0 bridgehead atoms. The van der Waals surface area contributed by atoms with E-state index >= 15 is 0 Å². The Balaban J connectivity index is 1.93. The molecule has 150 valence electrons. The lowest BCUT2D eigenvalue weighted by Crippen LogP contribution is -2.32. The van der Waals surface area contributed by atoms with Crippen molar-refractivity contribution in [3.8, 4) is 11.1 Å². The fourth-order valence-electron chi connectivity index (χ4n) is 4.19. The van der Waals surface area contributed by atoms with Crippen LogP contribution in [0, 0.1) is 13.8 Å². The zero-order chi connectivity index (χ0) is 20.3. The van der Waals surface area contributed by atoms with Crippen LogP contribution in [0.25, 0.3) is 11.1 Å². The maximum Gasteiger partial charge on any atom is 0.337 e. The predicted octanol–water partition coefficient (Wildman–Crippen LogP) is 3.14. The highest BCUT2D eigenvalue weighted by molar-refractivity contribution is 6.02. The third kappa shape index (κ3) is 3.97. The standard InChI is InChI=1S/C22H29N3O3/c1-15-19(17-7-9-18(10-8-17)22(27)28-3)20(21(23)26)16(2)25(15)14-13-24-11-5-4-6-12-24/h7-10H,4-6,11-14H2,1-3H3,(H2,23,26). The number of rotatable bonds is 6. The SMILES string of the molecule is COC(=O)c1ccc(-c2c(C(N)=O)c(C)n(CCN3CCCCC3)c2C)cc1. The van der Waals surface area contributed by atoms with E-state index in [0.29, 0.717) is 11.1 Å². The Labute approximate surface area is 166 Å². The Kier molecular flexibility index (Phi) is 6.19. The van der Waals surface area contributed by atoms with Crippen LogP contribution in [0.15, 0.2) is 24.3 Å². The van der Waals surface area contributed by atoms with Crippen LogP contribution in [-0.4, -0.2) is 48.1 Å². The summed E-state index contributed by atoms with van der Waals surface area (Å²) in [5, 5.41) is 0. The normalized spacial score (nSPS) is 14.8. The first-order valence-electron chi connectivity index (χ1n) is 9.84. The largest absolute Gasteiger partial charge is 0.465 e. The number of likely N-dealkylation sites (tertiary alicyclic amines) is 1. The zero-order valence-corrected chi connectivity index (χ0v) is 17.0. The molecule has 0 saturated carbocycles. The Morgan fingerprint density at radius 3 is 2.21 bits per heavy atom. The Hall–Kier alpha value is -2.60. The van der Waals surface area contributed by atoms with Gasteiger partial charge in [-0.15, -0.1) is 0 Å². The highest BCUT2D eigenvalue weighted by atomic mass is 16.5. The fourth-order valence-corrected chi connectivity index (χ4v) is 4.19. The summed E-state index contributed by atoms with van der Waals surface area (Å²) < 4.78 is 6.95. The Morgan fingerprint density at radius 1 is 1.00 bits per heavy atom. The summed E-state index contributed by atoms with van der Waals surface area (Å²) in [6, 6.07) is 7.11. The van der Waals surface area contributed by atoms with Gasteiger partial charge < -0.3 is 19.9 Å². The van der Waals surface area contributed by atoms with Crippen molar-refractivity contribution in [3.05, 3.63) is 46.8 Å². The number of nitrogens with zero attached hydrogens (tertiary/aromatic N) is 2. The van der Waals surface area contributed by atoms with Gasteiger partial charge in [-0.05, 0) is 57.5 Å². The lowest BCUT2D eigenvalue weighted by Gasteiger charge is -2.27. The number of amides is 1. The van der Waals surface area contributed by atoms with Crippen LogP contribution in [0.1, 0.15) is 51.4 Å². The topological polar surface area (TPSA) is 77.6 Å². The number of hydrogen-bond acceptors (Lipinski definition) is 4. The van der Waals surface area contributed by atoms with Crippen LogP contribution in [-0.2, 0) is 11.3 Å². The van der Waals surface area contributed by atoms with Gasteiger partial charge >= 0.3 is 5.97 Å². The van der Waals surface area contributed by atoms with E-state index in [9.17, 15) is 9.59 Å². The van der Waals surface area contributed by atoms with Crippen LogP contribution in [0.4, 0.5) is 0 Å². The smallest absolute Gasteiger partial charge is 0.337 e. The van der Waals surface area contributed by atoms with E-state index in [2.05, 4.69) is 9.47 Å². The number of primary amides is 1. The number of carbonyl (C=O) groups excluding carboxylic acids is 2. The van der Waals surface area contributed by atoms with E-state index in [1.54, 1.807) is 12.1 Å². The van der Waals surface area contributed by atoms with Crippen molar-refractivity contribution in [1.29, 1.82) is 0 Å². The number of benzene rings is 1. The number of piperidine rings is 1. The summed E-state index contributed by atoms with van der Waals surface area (Å²) >= 11 is 0. The van der Waals surface area contributed by atoms with E-state index in [-0.39, 0.29) is 5.97 Å². The van der Waals surface area contributed by atoms with Gasteiger partial charge in [-0.2, -0.15) is 0 Å². The maximum atomic E-state index is 12.2.